The van der Waals surface area contributed by atoms with Gasteiger partial charge < -0.3 is 5.32 Å². The zero-order valence-electron chi connectivity index (χ0n) is 12.3. The van der Waals surface area contributed by atoms with Gasteiger partial charge in [-0.25, -0.2) is 0 Å². The molecule has 1 amide bonds. The van der Waals surface area contributed by atoms with Crippen LogP contribution in [0.15, 0.2) is 42.5 Å². The summed E-state index contributed by atoms with van der Waals surface area (Å²) in [6, 6.07) is 14.3. The van der Waals surface area contributed by atoms with Crippen LogP contribution in [0.3, 0.4) is 0 Å². The van der Waals surface area contributed by atoms with Gasteiger partial charge in [0.2, 0.25) is 5.91 Å². The number of fused-ring (bicyclic) bond motifs is 1. The minimum absolute atomic E-state index is 0.00649. The summed E-state index contributed by atoms with van der Waals surface area (Å²) >= 11 is 0. The standard InChI is InChI=1S/C19H17NO2/c21-18-13-20-19(22)17(18)12-3-1-2-7-14-9-6-10-15-8-4-5-11-16(14)15/h4-6,8-11,17H,1,3,12-13H2,(H,20,22). The number of Topliss-reactive ketones (excluding diaryl/α,β-unsaturated/α-hetero) is 1. The average molecular weight is 291 g/mol. The minimum Gasteiger partial charge on any atom is -0.348 e. The van der Waals surface area contributed by atoms with E-state index in [0.717, 1.165) is 17.4 Å². The van der Waals surface area contributed by atoms with E-state index in [1.807, 2.05) is 24.3 Å². The highest BCUT2D eigenvalue weighted by atomic mass is 16.2. The summed E-state index contributed by atoms with van der Waals surface area (Å²) in [5, 5.41) is 4.92. The number of benzene rings is 2. The van der Waals surface area contributed by atoms with Crippen molar-refractivity contribution in [2.75, 3.05) is 6.54 Å². The van der Waals surface area contributed by atoms with Gasteiger partial charge in [0.05, 0.1) is 12.5 Å². The third kappa shape index (κ3) is 3.01. The monoisotopic (exact) mass is 291 g/mol. The molecule has 3 rings (SSSR count). The van der Waals surface area contributed by atoms with Gasteiger partial charge in [-0.3, -0.25) is 9.59 Å². The van der Waals surface area contributed by atoms with Gasteiger partial charge in [-0.1, -0.05) is 48.2 Å². The molecule has 22 heavy (non-hydrogen) atoms. The Balaban J connectivity index is 1.61. The number of hydrogen-bond acceptors (Lipinski definition) is 2. The van der Waals surface area contributed by atoms with Crippen LogP contribution in [0.4, 0.5) is 0 Å². The maximum atomic E-state index is 11.5. The SMILES string of the molecule is O=C1CNC(=O)C1CCCC#Cc1cccc2ccccc12. The molecule has 1 saturated heterocycles. The van der Waals surface area contributed by atoms with Crippen LogP contribution in [-0.4, -0.2) is 18.2 Å². The van der Waals surface area contributed by atoms with Crippen LogP contribution in [0.2, 0.25) is 0 Å². The molecule has 1 unspecified atom stereocenters. The van der Waals surface area contributed by atoms with E-state index in [-0.39, 0.29) is 18.2 Å². The van der Waals surface area contributed by atoms with Gasteiger partial charge in [0.25, 0.3) is 0 Å². The van der Waals surface area contributed by atoms with Crippen LogP contribution in [0, 0.1) is 17.8 Å². The highest BCUT2D eigenvalue weighted by Gasteiger charge is 2.31. The van der Waals surface area contributed by atoms with Crippen molar-refractivity contribution >= 4 is 22.5 Å². The summed E-state index contributed by atoms with van der Waals surface area (Å²) in [5.74, 6) is 5.77. The van der Waals surface area contributed by atoms with E-state index in [0.29, 0.717) is 12.8 Å². The van der Waals surface area contributed by atoms with E-state index in [2.05, 4.69) is 35.4 Å². The fourth-order valence-corrected chi connectivity index (χ4v) is 2.75. The van der Waals surface area contributed by atoms with Crippen molar-refractivity contribution in [2.24, 2.45) is 5.92 Å². The Kier molecular flexibility index (Phi) is 4.20. The normalized spacial score (nSPS) is 17.2. The smallest absolute Gasteiger partial charge is 0.231 e. The Hall–Kier alpha value is -2.60. The predicted octanol–water partition coefficient (Wildman–Crippen LogP) is 2.68. The molecule has 2 aromatic carbocycles. The molecule has 0 saturated carbocycles. The molecule has 0 aliphatic carbocycles. The highest BCUT2D eigenvalue weighted by Crippen LogP contribution is 2.18. The number of nitrogens with one attached hydrogen (secondary N) is 1. The second-order valence-corrected chi connectivity index (χ2v) is 5.46. The highest BCUT2D eigenvalue weighted by molar-refractivity contribution is 6.08. The van der Waals surface area contributed by atoms with Crippen LogP contribution in [0.5, 0.6) is 0 Å². The lowest BCUT2D eigenvalue weighted by atomic mass is 9.99. The maximum Gasteiger partial charge on any atom is 0.231 e. The zero-order chi connectivity index (χ0) is 15.4. The van der Waals surface area contributed by atoms with Crippen LogP contribution in [0.1, 0.15) is 24.8 Å². The van der Waals surface area contributed by atoms with Crippen molar-refractivity contribution < 1.29 is 9.59 Å². The summed E-state index contributed by atoms with van der Waals surface area (Å²) in [7, 11) is 0. The molecule has 2 aromatic rings. The molecule has 1 aliphatic rings. The van der Waals surface area contributed by atoms with E-state index in [9.17, 15) is 9.59 Å². The second kappa shape index (κ2) is 6.44. The summed E-state index contributed by atoms with van der Waals surface area (Å²) < 4.78 is 0. The second-order valence-electron chi connectivity index (χ2n) is 5.46. The summed E-state index contributed by atoms with van der Waals surface area (Å²) in [4.78, 5) is 22.9. The van der Waals surface area contributed by atoms with E-state index in [1.165, 1.54) is 5.39 Å². The third-order valence-electron chi connectivity index (χ3n) is 3.95. The van der Waals surface area contributed by atoms with Gasteiger partial charge in [0.1, 0.15) is 0 Å². The molecule has 3 heteroatoms. The Labute approximate surface area is 129 Å². The quantitative estimate of drug-likeness (QED) is 0.537. The first-order chi connectivity index (χ1) is 10.8. The van der Waals surface area contributed by atoms with E-state index < -0.39 is 5.92 Å². The first-order valence-corrected chi connectivity index (χ1v) is 7.53. The van der Waals surface area contributed by atoms with E-state index in [1.54, 1.807) is 0 Å². The van der Waals surface area contributed by atoms with Gasteiger partial charge in [-0.05, 0) is 29.7 Å². The number of amides is 1. The summed E-state index contributed by atoms with van der Waals surface area (Å²) in [5.41, 5.74) is 1.02. The van der Waals surface area contributed by atoms with Gasteiger partial charge in [0.15, 0.2) is 5.78 Å². The predicted molar refractivity (Wildman–Crippen MR) is 86.2 cm³/mol. The molecule has 1 aliphatic heterocycles. The summed E-state index contributed by atoms with van der Waals surface area (Å²) in [6.07, 6.45) is 2.05. The molecule has 0 bridgehead atoms. The molecule has 110 valence electrons. The Morgan fingerprint density at radius 1 is 1.09 bits per heavy atom. The number of carbonyl (C=O) groups is 2. The number of unbranched alkanes of at least 4 members (excludes halogenated alkanes) is 1. The molecular weight excluding hydrogens is 274 g/mol. The van der Waals surface area contributed by atoms with Crippen molar-refractivity contribution in [3.05, 3.63) is 48.0 Å². The first-order valence-electron chi connectivity index (χ1n) is 7.53. The van der Waals surface area contributed by atoms with Crippen molar-refractivity contribution in [1.29, 1.82) is 0 Å². The molecule has 0 spiro atoms. The number of rotatable bonds is 3. The van der Waals surface area contributed by atoms with E-state index in [4.69, 9.17) is 0 Å². The average Bonchev–Trinajstić information content (AvgIpc) is 2.86. The molecule has 0 aromatic heterocycles. The molecule has 1 heterocycles. The van der Waals surface area contributed by atoms with Crippen molar-refractivity contribution in [3.63, 3.8) is 0 Å². The minimum atomic E-state index is -0.459. The van der Waals surface area contributed by atoms with Gasteiger partial charge in [-0.15, -0.1) is 0 Å². The zero-order valence-corrected chi connectivity index (χ0v) is 12.3. The van der Waals surface area contributed by atoms with Crippen LogP contribution in [-0.2, 0) is 9.59 Å². The number of ketones is 1. The molecule has 1 fully saturated rings. The molecular formula is C19H17NO2. The largest absolute Gasteiger partial charge is 0.348 e. The third-order valence-corrected chi connectivity index (χ3v) is 3.95. The van der Waals surface area contributed by atoms with E-state index >= 15 is 0 Å². The van der Waals surface area contributed by atoms with Crippen molar-refractivity contribution in [2.45, 2.75) is 19.3 Å². The molecule has 1 atom stereocenters. The maximum absolute atomic E-state index is 11.5. The van der Waals surface area contributed by atoms with Gasteiger partial charge in [0, 0.05) is 12.0 Å². The lowest BCUT2D eigenvalue weighted by molar-refractivity contribution is -0.127. The molecule has 3 nitrogen and oxygen atoms in total. The Morgan fingerprint density at radius 3 is 2.73 bits per heavy atom. The lowest BCUT2D eigenvalue weighted by Gasteiger charge is -2.02. The number of hydrogen-bond donors (Lipinski definition) is 1. The van der Waals surface area contributed by atoms with Gasteiger partial charge in [-0.2, -0.15) is 0 Å². The van der Waals surface area contributed by atoms with Crippen LogP contribution < -0.4 is 5.32 Å². The Morgan fingerprint density at radius 2 is 1.91 bits per heavy atom. The van der Waals surface area contributed by atoms with Crippen molar-refractivity contribution in [3.8, 4) is 11.8 Å². The first kappa shape index (κ1) is 14.3. The fraction of sp³-hybridized carbons (Fsp3) is 0.263. The Bertz CT molecular complexity index is 761. The summed E-state index contributed by atoms with van der Waals surface area (Å²) in [6.45, 7) is 0.186. The fourth-order valence-electron chi connectivity index (χ4n) is 2.75. The lowest BCUT2D eigenvalue weighted by Crippen LogP contribution is -2.19. The van der Waals surface area contributed by atoms with Crippen LogP contribution >= 0.6 is 0 Å². The number of carbonyl (C=O) groups excluding carboxylic acids is 2. The van der Waals surface area contributed by atoms with Crippen LogP contribution in [0.25, 0.3) is 10.8 Å². The topological polar surface area (TPSA) is 46.2 Å². The van der Waals surface area contributed by atoms with Gasteiger partial charge >= 0.3 is 0 Å². The molecule has 0 radical (unpaired) electrons. The molecule has 1 N–H and O–H groups in total. The van der Waals surface area contributed by atoms with Crippen molar-refractivity contribution in [1.82, 2.24) is 5.32 Å².